The number of para-hydroxylation sites is 1. The summed E-state index contributed by atoms with van der Waals surface area (Å²) < 4.78 is 1.71. The molecule has 0 bridgehead atoms. The maximum atomic E-state index is 9.08. The van der Waals surface area contributed by atoms with Crippen molar-refractivity contribution >= 4 is 21.7 Å². The van der Waals surface area contributed by atoms with E-state index in [9.17, 15) is 0 Å². The summed E-state index contributed by atoms with van der Waals surface area (Å²) in [6.07, 6.45) is 1.56. The molecule has 2 heterocycles. The second-order valence-electron chi connectivity index (χ2n) is 5.02. The van der Waals surface area contributed by atoms with Crippen molar-refractivity contribution in [1.29, 1.82) is 5.26 Å². The number of fused-ring (bicyclic) bond motifs is 3. The zero-order valence-corrected chi connectivity index (χ0v) is 11.6. The molecule has 0 unspecified atom stereocenters. The molecule has 2 aromatic heterocycles. The normalized spacial score (nSPS) is 10.9. The first kappa shape index (κ1) is 12.5. The molecular formula is C17H11N5. The molecule has 0 saturated carbocycles. The fourth-order valence-electron chi connectivity index (χ4n) is 2.71. The van der Waals surface area contributed by atoms with Gasteiger partial charge in [-0.25, -0.2) is 0 Å². The van der Waals surface area contributed by atoms with Crippen LogP contribution in [-0.2, 0) is 6.54 Å². The molecule has 4 aromatic rings. The molecule has 5 nitrogen and oxygen atoms in total. The van der Waals surface area contributed by atoms with Crippen LogP contribution >= 0.6 is 0 Å². The highest BCUT2D eigenvalue weighted by Crippen LogP contribution is 2.26. The lowest BCUT2D eigenvalue weighted by atomic mass is 10.0. The summed E-state index contributed by atoms with van der Waals surface area (Å²) in [6, 6.07) is 18.3. The minimum absolute atomic E-state index is 0.291. The van der Waals surface area contributed by atoms with E-state index in [1.807, 2.05) is 36.4 Å². The van der Waals surface area contributed by atoms with Gasteiger partial charge in [0, 0.05) is 10.8 Å². The average Bonchev–Trinajstić information content (AvgIpc) is 3.02. The van der Waals surface area contributed by atoms with Gasteiger partial charge >= 0.3 is 0 Å². The van der Waals surface area contributed by atoms with Crippen LogP contribution in [0.1, 0.15) is 11.5 Å². The highest BCUT2D eigenvalue weighted by atomic mass is 15.3. The molecule has 5 heteroatoms. The number of aromatic nitrogens is 4. The first-order chi connectivity index (χ1) is 10.9. The van der Waals surface area contributed by atoms with Crippen LogP contribution in [0, 0.1) is 11.3 Å². The Morgan fingerprint density at radius 3 is 2.50 bits per heavy atom. The Balaban J connectivity index is 1.98. The summed E-state index contributed by atoms with van der Waals surface area (Å²) in [5.41, 5.74) is 1.85. The minimum atomic E-state index is 0.291. The second-order valence-corrected chi connectivity index (χ2v) is 5.02. The Morgan fingerprint density at radius 1 is 0.955 bits per heavy atom. The van der Waals surface area contributed by atoms with Gasteiger partial charge < -0.3 is 0 Å². The monoisotopic (exact) mass is 285 g/mol. The van der Waals surface area contributed by atoms with Gasteiger partial charge in [-0.2, -0.15) is 5.26 Å². The smallest absolute Gasteiger partial charge is 0.235 e. The summed E-state index contributed by atoms with van der Waals surface area (Å²) >= 11 is 0. The fraction of sp³-hybridized carbons (Fsp3) is 0.0588. The summed E-state index contributed by atoms with van der Waals surface area (Å²) in [6.45, 7) is 0.473. The van der Waals surface area contributed by atoms with Crippen molar-refractivity contribution in [2.75, 3.05) is 0 Å². The van der Waals surface area contributed by atoms with Crippen molar-refractivity contribution in [2.24, 2.45) is 0 Å². The zero-order chi connectivity index (χ0) is 14.9. The molecule has 0 atom stereocenters. The van der Waals surface area contributed by atoms with Gasteiger partial charge in [-0.05, 0) is 11.5 Å². The lowest BCUT2D eigenvalue weighted by Crippen LogP contribution is -2.04. The highest BCUT2D eigenvalue weighted by Gasteiger charge is 2.10. The standard InChI is InChI=1S/C17H11N5/c18-9-17-21-19-11-22(17)10-16-14-7-2-1-5-12(14)13-6-3-4-8-15(13)20-16/h1-8,11H,10H2. The number of pyridine rings is 1. The summed E-state index contributed by atoms with van der Waals surface area (Å²) in [5.74, 6) is 0.291. The van der Waals surface area contributed by atoms with Crippen LogP contribution in [-0.4, -0.2) is 19.7 Å². The molecule has 0 aliphatic rings. The molecule has 4 rings (SSSR count). The SMILES string of the molecule is N#Cc1nncn1Cc1nc2ccccc2c2ccccc12. The van der Waals surface area contributed by atoms with Crippen LogP contribution in [0.5, 0.6) is 0 Å². The number of nitriles is 1. The van der Waals surface area contributed by atoms with E-state index in [4.69, 9.17) is 10.2 Å². The molecular weight excluding hydrogens is 274 g/mol. The molecule has 104 valence electrons. The third kappa shape index (κ3) is 1.90. The summed E-state index contributed by atoms with van der Waals surface area (Å²) in [7, 11) is 0. The van der Waals surface area contributed by atoms with E-state index in [0.717, 1.165) is 27.4 Å². The lowest BCUT2D eigenvalue weighted by molar-refractivity contribution is 0.768. The van der Waals surface area contributed by atoms with Gasteiger partial charge in [0.05, 0.1) is 17.8 Å². The van der Waals surface area contributed by atoms with Crippen molar-refractivity contribution in [3.05, 3.63) is 66.4 Å². The van der Waals surface area contributed by atoms with E-state index in [1.165, 1.54) is 0 Å². The van der Waals surface area contributed by atoms with Gasteiger partial charge in [0.15, 0.2) is 0 Å². The van der Waals surface area contributed by atoms with Crippen molar-refractivity contribution < 1.29 is 0 Å². The highest BCUT2D eigenvalue weighted by molar-refractivity contribution is 6.06. The average molecular weight is 285 g/mol. The minimum Gasteiger partial charge on any atom is -0.299 e. The van der Waals surface area contributed by atoms with E-state index in [1.54, 1.807) is 10.9 Å². The van der Waals surface area contributed by atoms with Crippen molar-refractivity contribution in [3.8, 4) is 6.07 Å². The van der Waals surface area contributed by atoms with Gasteiger partial charge in [0.2, 0.25) is 5.82 Å². The maximum Gasteiger partial charge on any atom is 0.235 e. The predicted octanol–water partition coefficient (Wildman–Crippen LogP) is 2.90. The van der Waals surface area contributed by atoms with Crippen molar-refractivity contribution in [2.45, 2.75) is 6.54 Å². The van der Waals surface area contributed by atoms with Gasteiger partial charge in [0.25, 0.3) is 0 Å². The first-order valence-electron chi connectivity index (χ1n) is 6.91. The van der Waals surface area contributed by atoms with Gasteiger partial charge in [-0.1, -0.05) is 42.5 Å². The molecule has 0 amide bonds. The number of benzene rings is 2. The molecule has 0 fully saturated rings. The Hall–Kier alpha value is -3.26. The second kappa shape index (κ2) is 4.93. The molecule has 0 N–H and O–H groups in total. The molecule has 0 radical (unpaired) electrons. The molecule has 0 aliphatic carbocycles. The van der Waals surface area contributed by atoms with E-state index in [-0.39, 0.29) is 0 Å². The Labute approximate surface area is 126 Å². The maximum absolute atomic E-state index is 9.08. The van der Waals surface area contributed by atoms with E-state index in [2.05, 4.69) is 28.4 Å². The summed E-state index contributed by atoms with van der Waals surface area (Å²) in [5, 5.41) is 20.0. The third-order valence-corrected chi connectivity index (χ3v) is 3.72. The number of hydrogen-bond acceptors (Lipinski definition) is 4. The van der Waals surface area contributed by atoms with E-state index < -0.39 is 0 Å². The molecule has 22 heavy (non-hydrogen) atoms. The third-order valence-electron chi connectivity index (χ3n) is 3.72. The lowest BCUT2D eigenvalue weighted by Gasteiger charge is -2.10. The van der Waals surface area contributed by atoms with Gasteiger partial charge in [-0.3, -0.25) is 9.55 Å². The Kier molecular flexibility index (Phi) is 2.80. The molecule has 0 spiro atoms. The largest absolute Gasteiger partial charge is 0.299 e. The predicted molar refractivity (Wildman–Crippen MR) is 83.1 cm³/mol. The zero-order valence-electron chi connectivity index (χ0n) is 11.6. The topological polar surface area (TPSA) is 67.4 Å². The van der Waals surface area contributed by atoms with E-state index >= 15 is 0 Å². The number of nitrogens with zero attached hydrogens (tertiary/aromatic N) is 5. The van der Waals surface area contributed by atoms with E-state index in [0.29, 0.717) is 12.4 Å². The Bertz CT molecular complexity index is 1030. The first-order valence-corrected chi connectivity index (χ1v) is 6.91. The molecule has 0 aliphatic heterocycles. The van der Waals surface area contributed by atoms with Crippen LogP contribution in [0.15, 0.2) is 54.9 Å². The molecule has 0 saturated heterocycles. The fourth-order valence-corrected chi connectivity index (χ4v) is 2.71. The molecule has 2 aromatic carbocycles. The van der Waals surface area contributed by atoms with Crippen LogP contribution in [0.4, 0.5) is 0 Å². The van der Waals surface area contributed by atoms with Crippen LogP contribution < -0.4 is 0 Å². The van der Waals surface area contributed by atoms with Gasteiger partial charge in [0.1, 0.15) is 12.4 Å². The number of rotatable bonds is 2. The van der Waals surface area contributed by atoms with Gasteiger partial charge in [-0.15, -0.1) is 10.2 Å². The van der Waals surface area contributed by atoms with Crippen LogP contribution in [0.25, 0.3) is 21.7 Å². The van der Waals surface area contributed by atoms with Crippen LogP contribution in [0.3, 0.4) is 0 Å². The quantitative estimate of drug-likeness (QED) is 0.531. The van der Waals surface area contributed by atoms with Crippen molar-refractivity contribution in [1.82, 2.24) is 19.7 Å². The summed E-state index contributed by atoms with van der Waals surface area (Å²) in [4.78, 5) is 4.77. The number of hydrogen-bond donors (Lipinski definition) is 0. The van der Waals surface area contributed by atoms with Crippen molar-refractivity contribution in [3.63, 3.8) is 0 Å². The van der Waals surface area contributed by atoms with Crippen LogP contribution in [0.2, 0.25) is 0 Å². The Morgan fingerprint density at radius 2 is 1.68 bits per heavy atom.